The maximum atomic E-state index is 12.2. The number of aromatic amines is 1. The van der Waals surface area contributed by atoms with E-state index in [9.17, 15) is 4.79 Å². The minimum absolute atomic E-state index is 0.297. The summed E-state index contributed by atoms with van der Waals surface area (Å²) in [6.45, 7) is 1.77. The van der Waals surface area contributed by atoms with Crippen molar-refractivity contribution in [1.29, 1.82) is 0 Å². The zero-order valence-electron chi connectivity index (χ0n) is 11.5. The van der Waals surface area contributed by atoms with Crippen LogP contribution in [0.3, 0.4) is 0 Å². The molecule has 7 heteroatoms. The molecule has 4 N–H and O–H groups in total. The molecule has 0 saturated carbocycles. The number of anilines is 2. The lowest BCUT2D eigenvalue weighted by molar-refractivity contribution is 0.102. The van der Waals surface area contributed by atoms with Crippen molar-refractivity contribution in [3.8, 4) is 11.5 Å². The molecule has 106 valence electrons. The quantitative estimate of drug-likeness (QED) is 0.786. The summed E-state index contributed by atoms with van der Waals surface area (Å²) in [7, 11) is 3.03. The van der Waals surface area contributed by atoms with Gasteiger partial charge in [0, 0.05) is 6.07 Å². The summed E-state index contributed by atoms with van der Waals surface area (Å²) in [6.07, 6.45) is 0. The van der Waals surface area contributed by atoms with E-state index in [1.165, 1.54) is 7.11 Å². The highest BCUT2D eigenvalue weighted by Crippen LogP contribution is 2.26. The number of carbonyl (C=O) groups excluding carboxylic acids is 1. The summed E-state index contributed by atoms with van der Waals surface area (Å²) in [5, 5.41) is 9.25. The Morgan fingerprint density at radius 2 is 2.10 bits per heavy atom. The highest BCUT2D eigenvalue weighted by atomic mass is 16.5. The minimum atomic E-state index is -0.359. The molecule has 2 rings (SSSR count). The number of hydrogen-bond donors (Lipinski definition) is 3. The van der Waals surface area contributed by atoms with Crippen LogP contribution in [0.2, 0.25) is 0 Å². The van der Waals surface area contributed by atoms with Gasteiger partial charge in [0.25, 0.3) is 5.91 Å². The van der Waals surface area contributed by atoms with Crippen LogP contribution in [0.5, 0.6) is 11.5 Å². The molecule has 0 radical (unpaired) electrons. The molecular formula is C13H16N4O3. The van der Waals surface area contributed by atoms with Crippen LogP contribution >= 0.6 is 0 Å². The van der Waals surface area contributed by atoms with Crippen molar-refractivity contribution in [3.63, 3.8) is 0 Å². The van der Waals surface area contributed by atoms with Gasteiger partial charge in [-0.05, 0) is 19.1 Å². The van der Waals surface area contributed by atoms with E-state index in [0.717, 1.165) is 0 Å². The molecule has 0 bridgehead atoms. The van der Waals surface area contributed by atoms with Gasteiger partial charge in [0.1, 0.15) is 11.5 Å². The first-order chi connectivity index (χ1) is 9.56. The number of nitrogens with zero attached hydrogens (tertiary/aromatic N) is 1. The number of aromatic nitrogens is 2. The van der Waals surface area contributed by atoms with Crippen molar-refractivity contribution in [2.24, 2.45) is 0 Å². The molecule has 2 aromatic rings. The summed E-state index contributed by atoms with van der Waals surface area (Å²) in [5.41, 5.74) is 7.26. The Bertz CT molecular complexity index is 637. The molecule has 1 amide bonds. The van der Waals surface area contributed by atoms with Crippen LogP contribution in [0.25, 0.3) is 0 Å². The molecule has 1 aromatic heterocycles. The molecule has 0 fully saturated rings. The number of carbonyl (C=O) groups is 1. The van der Waals surface area contributed by atoms with Gasteiger partial charge in [0.15, 0.2) is 5.82 Å². The molecule has 20 heavy (non-hydrogen) atoms. The van der Waals surface area contributed by atoms with Crippen molar-refractivity contribution in [2.75, 3.05) is 25.3 Å². The van der Waals surface area contributed by atoms with Gasteiger partial charge in [0.2, 0.25) is 0 Å². The normalized spacial score (nSPS) is 10.2. The third-order valence-corrected chi connectivity index (χ3v) is 2.88. The Morgan fingerprint density at radius 1 is 1.35 bits per heavy atom. The zero-order chi connectivity index (χ0) is 14.7. The molecule has 0 aliphatic rings. The third-order valence-electron chi connectivity index (χ3n) is 2.88. The second kappa shape index (κ2) is 5.52. The molecular weight excluding hydrogens is 260 g/mol. The van der Waals surface area contributed by atoms with Crippen LogP contribution in [-0.2, 0) is 0 Å². The van der Waals surface area contributed by atoms with Crippen LogP contribution < -0.4 is 20.5 Å². The van der Waals surface area contributed by atoms with Crippen molar-refractivity contribution in [3.05, 3.63) is 29.5 Å². The fourth-order valence-electron chi connectivity index (χ4n) is 1.69. The molecule has 0 aliphatic carbocycles. The van der Waals surface area contributed by atoms with E-state index >= 15 is 0 Å². The van der Waals surface area contributed by atoms with E-state index in [4.69, 9.17) is 15.2 Å². The Balaban J connectivity index is 2.27. The lowest BCUT2D eigenvalue weighted by Gasteiger charge is -2.10. The van der Waals surface area contributed by atoms with E-state index in [0.29, 0.717) is 34.3 Å². The third kappa shape index (κ3) is 2.51. The summed E-state index contributed by atoms with van der Waals surface area (Å²) in [4.78, 5) is 12.2. The lowest BCUT2D eigenvalue weighted by atomic mass is 10.1. The molecule has 0 unspecified atom stereocenters. The van der Waals surface area contributed by atoms with Gasteiger partial charge < -0.3 is 20.5 Å². The first-order valence-electron chi connectivity index (χ1n) is 5.90. The van der Waals surface area contributed by atoms with E-state index < -0.39 is 0 Å². The first-order valence-corrected chi connectivity index (χ1v) is 5.90. The monoisotopic (exact) mass is 276 g/mol. The van der Waals surface area contributed by atoms with E-state index in [1.807, 2.05) is 0 Å². The summed E-state index contributed by atoms with van der Waals surface area (Å²) < 4.78 is 10.3. The number of aryl methyl sites for hydroxylation is 1. The summed E-state index contributed by atoms with van der Waals surface area (Å²) in [5.74, 6) is 0.953. The maximum Gasteiger partial charge on any atom is 0.260 e. The molecule has 0 spiro atoms. The molecule has 0 saturated heterocycles. The van der Waals surface area contributed by atoms with Gasteiger partial charge in [0.05, 0.1) is 31.2 Å². The highest BCUT2D eigenvalue weighted by Gasteiger charge is 2.16. The van der Waals surface area contributed by atoms with Crippen LogP contribution in [0.15, 0.2) is 18.2 Å². The van der Waals surface area contributed by atoms with Gasteiger partial charge >= 0.3 is 0 Å². The Labute approximate surface area is 116 Å². The number of nitrogen functional groups attached to an aromatic ring is 1. The predicted octanol–water partition coefficient (Wildman–Crippen LogP) is 1.57. The van der Waals surface area contributed by atoms with Crippen molar-refractivity contribution in [2.45, 2.75) is 6.92 Å². The van der Waals surface area contributed by atoms with Gasteiger partial charge in [-0.15, -0.1) is 0 Å². The predicted molar refractivity (Wildman–Crippen MR) is 75.2 cm³/mol. The Kier molecular flexibility index (Phi) is 3.79. The number of amides is 1. The molecule has 1 aromatic carbocycles. The first kappa shape index (κ1) is 13.7. The zero-order valence-corrected chi connectivity index (χ0v) is 11.5. The van der Waals surface area contributed by atoms with Gasteiger partial charge in [-0.1, -0.05) is 0 Å². The number of hydrogen-bond acceptors (Lipinski definition) is 5. The van der Waals surface area contributed by atoms with Gasteiger partial charge in [-0.3, -0.25) is 9.89 Å². The van der Waals surface area contributed by atoms with Crippen molar-refractivity contribution >= 4 is 17.4 Å². The van der Waals surface area contributed by atoms with Gasteiger partial charge in [-0.2, -0.15) is 5.10 Å². The highest BCUT2D eigenvalue weighted by molar-refractivity contribution is 6.07. The number of H-pyrrole nitrogens is 1. The number of nitrogens with one attached hydrogen (secondary N) is 2. The average molecular weight is 276 g/mol. The number of nitrogens with two attached hydrogens (primary N) is 1. The maximum absolute atomic E-state index is 12.2. The second-order valence-corrected chi connectivity index (χ2v) is 4.13. The SMILES string of the molecule is COc1ccc(C(=O)Nc2n[nH]c(C)c2N)c(OC)c1. The minimum Gasteiger partial charge on any atom is -0.497 e. The van der Waals surface area contributed by atoms with E-state index in [1.54, 1.807) is 32.2 Å². The fourth-order valence-corrected chi connectivity index (χ4v) is 1.69. The molecule has 0 atom stereocenters. The van der Waals surface area contributed by atoms with E-state index in [2.05, 4.69) is 15.5 Å². The summed E-state index contributed by atoms with van der Waals surface area (Å²) in [6, 6.07) is 4.92. The fraction of sp³-hybridized carbons (Fsp3) is 0.231. The number of benzene rings is 1. The van der Waals surface area contributed by atoms with Crippen molar-refractivity contribution in [1.82, 2.24) is 10.2 Å². The standard InChI is InChI=1S/C13H16N4O3/c1-7-11(14)12(17-16-7)15-13(18)9-5-4-8(19-2)6-10(9)20-3/h4-6H,14H2,1-3H3,(H2,15,16,17,18). The number of rotatable bonds is 4. The van der Waals surface area contributed by atoms with Crippen LogP contribution in [0.4, 0.5) is 11.5 Å². The van der Waals surface area contributed by atoms with E-state index in [-0.39, 0.29) is 5.91 Å². The molecule has 1 heterocycles. The van der Waals surface area contributed by atoms with Gasteiger partial charge in [-0.25, -0.2) is 0 Å². The second-order valence-electron chi connectivity index (χ2n) is 4.13. The topological polar surface area (TPSA) is 102 Å². The number of ether oxygens (including phenoxy) is 2. The Morgan fingerprint density at radius 3 is 2.65 bits per heavy atom. The lowest BCUT2D eigenvalue weighted by Crippen LogP contribution is -2.14. The smallest absolute Gasteiger partial charge is 0.260 e. The van der Waals surface area contributed by atoms with Crippen molar-refractivity contribution < 1.29 is 14.3 Å². The van der Waals surface area contributed by atoms with Crippen LogP contribution in [0, 0.1) is 6.92 Å². The molecule has 0 aliphatic heterocycles. The number of methoxy groups -OCH3 is 2. The summed E-state index contributed by atoms with van der Waals surface area (Å²) >= 11 is 0. The largest absolute Gasteiger partial charge is 0.497 e. The van der Waals surface area contributed by atoms with Crippen LogP contribution in [-0.4, -0.2) is 30.3 Å². The van der Waals surface area contributed by atoms with Crippen LogP contribution in [0.1, 0.15) is 16.1 Å². The average Bonchev–Trinajstić information content (AvgIpc) is 2.78. The molecule has 7 nitrogen and oxygen atoms in total. The Hall–Kier alpha value is -2.70.